The Morgan fingerprint density at radius 1 is 1.24 bits per heavy atom. The molecule has 2 saturated carbocycles. The SMILES string of the molecule is CC(C)N(CCN(C(=O)Nc1cc(Cl)nc(Cl)c1)[C@@H]1CC[C@@]2(c3cccc(C#N)c3)CC2C1)[C@@H](C)CO. The highest BCUT2D eigenvalue weighted by molar-refractivity contribution is 6.33. The molecule has 1 aromatic carbocycles. The van der Waals surface area contributed by atoms with Gasteiger partial charge in [0, 0.05) is 36.9 Å². The van der Waals surface area contributed by atoms with E-state index < -0.39 is 0 Å². The highest BCUT2D eigenvalue weighted by Crippen LogP contribution is 2.62. The van der Waals surface area contributed by atoms with Gasteiger partial charge in [-0.2, -0.15) is 5.26 Å². The Morgan fingerprint density at radius 2 is 1.97 bits per heavy atom. The molecule has 2 aliphatic carbocycles. The van der Waals surface area contributed by atoms with Crippen molar-refractivity contribution in [2.45, 2.75) is 70.0 Å². The Hall–Kier alpha value is -2.37. The second kappa shape index (κ2) is 11.6. The highest BCUT2D eigenvalue weighted by atomic mass is 35.5. The summed E-state index contributed by atoms with van der Waals surface area (Å²) in [6, 6.07) is 13.6. The monoisotopic (exact) mass is 543 g/mol. The Bertz CT molecular complexity index is 1150. The molecule has 1 aromatic heterocycles. The van der Waals surface area contributed by atoms with E-state index in [0.717, 1.165) is 25.7 Å². The number of pyridine rings is 1. The molecule has 198 valence electrons. The van der Waals surface area contributed by atoms with Crippen molar-refractivity contribution >= 4 is 34.9 Å². The molecule has 0 spiro atoms. The third-order valence-electron chi connectivity index (χ3n) is 8.09. The van der Waals surface area contributed by atoms with E-state index in [-0.39, 0.29) is 46.5 Å². The molecule has 0 bridgehead atoms. The number of hydrogen-bond donors (Lipinski definition) is 2. The van der Waals surface area contributed by atoms with Gasteiger partial charge in [0.25, 0.3) is 0 Å². The van der Waals surface area contributed by atoms with Crippen LogP contribution in [0.5, 0.6) is 0 Å². The number of nitrogens with zero attached hydrogens (tertiary/aromatic N) is 4. The van der Waals surface area contributed by atoms with E-state index >= 15 is 0 Å². The van der Waals surface area contributed by atoms with E-state index in [2.05, 4.69) is 41.2 Å². The number of carbonyl (C=O) groups excluding carboxylic acids is 1. The lowest BCUT2D eigenvalue weighted by Gasteiger charge is -2.39. The van der Waals surface area contributed by atoms with Crippen LogP contribution in [0.4, 0.5) is 10.5 Å². The molecule has 1 unspecified atom stereocenters. The maximum atomic E-state index is 13.6. The second-order valence-corrected chi connectivity index (χ2v) is 11.4. The van der Waals surface area contributed by atoms with Crippen molar-refractivity contribution in [1.29, 1.82) is 5.26 Å². The van der Waals surface area contributed by atoms with Crippen molar-refractivity contribution in [3.05, 3.63) is 57.8 Å². The quantitative estimate of drug-likeness (QED) is 0.396. The average molecular weight is 545 g/mol. The van der Waals surface area contributed by atoms with Crippen LogP contribution in [-0.4, -0.2) is 63.7 Å². The first-order chi connectivity index (χ1) is 17.7. The van der Waals surface area contributed by atoms with Crippen LogP contribution >= 0.6 is 23.2 Å². The first kappa shape index (κ1) is 27.7. The molecular formula is C28H35Cl2N5O2. The lowest BCUT2D eigenvalue weighted by Crippen LogP contribution is -2.51. The number of nitrogens with one attached hydrogen (secondary N) is 1. The Morgan fingerprint density at radius 3 is 2.59 bits per heavy atom. The van der Waals surface area contributed by atoms with E-state index in [0.29, 0.717) is 30.3 Å². The number of aliphatic hydroxyl groups is 1. The minimum absolute atomic E-state index is 0.00225. The van der Waals surface area contributed by atoms with Crippen molar-refractivity contribution in [2.75, 3.05) is 25.0 Å². The van der Waals surface area contributed by atoms with Crippen molar-refractivity contribution in [3.8, 4) is 6.07 Å². The largest absolute Gasteiger partial charge is 0.395 e. The van der Waals surface area contributed by atoms with Crippen LogP contribution in [0.1, 0.15) is 57.6 Å². The minimum Gasteiger partial charge on any atom is -0.395 e. The van der Waals surface area contributed by atoms with Crippen LogP contribution in [0.2, 0.25) is 10.3 Å². The van der Waals surface area contributed by atoms with Gasteiger partial charge in [0.15, 0.2) is 0 Å². The zero-order valence-electron chi connectivity index (χ0n) is 21.6. The fourth-order valence-corrected chi connectivity index (χ4v) is 6.50. The molecule has 2 amide bonds. The third kappa shape index (κ3) is 6.21. The maximum Gasteiger partial charge on any atom is 0.322 e. The lowest BCUT2D eigenvalue weighted by atomic mass is 9.80. The molecule has 1 heterocycles. The first-order valence-electron chi connectivity index (χ1n) is 12.9. The number of nitriles is 1. The zero-order valence-corrected chi connectivity index (χ0v) is 23.1. The summed E-state index contributed by atoms with van der Waals surface area (Å²) >= 11 is 12.1. The number of hydrogen-bond acceptors (Lipinski definition) is 5. The highest BCUT2D eigenvalue weighted by Gasteiger charge is 2.58. The Kier molecular flexibility index (Phi) is 8.65. The summed E-state index contributed by atoms with van der Waals surface area (Å²) < 4.78 is 0. The van der Waals surface area contributed by atoms with Crippen LogP contribution in [0.25, 0.3) is 0 Å². The van der Waals surface area contributed by atoms with Gasteiger partial charge in [-0.05, 0) is 87.6 Å². The van der Waals surface area contributed by atoms with Crippen LogP contribution in [-0.2, 0) is 5.41 Å². The minimum atomic E-state index is -0.191. The number of halogens is 2. The predicted molar refractivity (Wildman–Crippen MR) is 147 cm³/mol. The van der Waals surface area contributed by atoms with Gasteiger partial charge in [0.1, 0.15) is 10.3 Å². The average Bonchev–Trinajstić information content (AvgIpc) is 3.60. The van der Waals surface area contributed by atoms with Crippen molar-refractivity contribution in [2.24, 2.45) is 5.92 Å². The molecule has 9 heteroatoms. The molecule has 4 atom stereocenters. The number of fused-ring (bicyclic) bond motifs is 1. The number of amides is 2. The Labute approximate surface area is 229 Å². The van der Waals surface area contributed by atoms with E-state index in [1.54, 1.807) is 12.1 Å². The number of urea groups is 1. The molecule has 4 rings (SSSR count). The van der Waals surface area contributed by atoms with Crippen molar-refractivity contribution in [3.63, 3.8) is 0 Å². The maximum absolute atomic E-state index is 13.6. The summed E-state index contributed by atoms with van der Waals surface area (Å²) in [4.78, 5) is 21.7. The van der Waals surface area contributed by atoms with E-state index in [1.165, 1.54) is 5.56 Å². The summed E-state index contributed by atoms with van der Waals surface area (Å²) in [6.07, 6.45) is 3.87. The van der Waals surface area contributed by atoms with Gasteiger partial charge in [0.05, 0.1) is 18.2 Å². The molecule has 37 heavy (non-hydrogen) atoms. The molecule has 2 aromatic rings. The second-order valence-electron chi connectivity index (χ2n) is 10.7. The molecule has 2 fully saturated rings. The summed E-state index contributed by atoms with van der Waals surface area (Å²) in [5.74, 6) is 0.484. The van der Waals surface area contributed by atoms with Gasteiger partial charge in [-0.15, -0.1) is 0 Å². The van der Waals surface area contributed by atoms with Crippen molar-refractivity contribution in [1.82, 2.24) is 14.8 Å². The third-order valence-corrected chi connectivity index (χ3v) is 8.47. The molecule has 0 radical (unpaired) electrons. The molecule has 0 saturated heterocycles. The number of aromatic nitrogens is 1. The normalized spacial score (nSPS) is 23.3. The Balaban J connectivity index is 1.52. The van der Waals surface area contributed by atoms with E-state index in [1.807, 2.05) is 30.0 Å². The van der Waals surface area contributed by atoms with Gasteiger partial charge in [-0.1, -0.05) is 35.3 Å². The number of rotatable bonds is 9. The van der Waals surface area contributed by atoms with Gasteiger partial charge < -0.3 is 15.3 Å². The van der Waals surface area contributed by atoms with Gasteiger partial charge in [0.2, 0.25) is 0 Å². The van der Waals surface area contributed by atoms with Gasteiger partial charge in [-0.3, -0.25) is 4.90 Å². The van der Waals surface area contributed by atoms with Gasteiger partial charge >= 0.3 is 6.03 Å². The number of carbonyl (C=O) groups is 1. The fraction of sp³-hybridized carbons (Fsp3) is 0.536. The fourth-order valence-electron chi connectivity index (χ4n) is 6.04. The van der Waals surface area contributed by atoms with Crippen LogP contribution in [0.3, 0.4) is 0 Å². The summed E-state index contributed by atoms with van der Waals surface area (Å²) in [6.45, 7) is 7.46. The molecule has 2 N–H and O–H groups in total. The van der Waals surface area contributed by atoms with Crippen LogP contribution < -0.4 is 5.32 Å². The van der Waals surface area contributed by atoms with E-state index in [9.17, 15) is 15.2 Å². The lowest BCUT2D eigenvalue weighted by molar-refractivity contribution is 0.0861. The summed E-state index contributed by atoms with van der Waals surface area (Å²) in [5, 5.41) is 22.5. The van der Waals surface area contributed by atoms with Crippen LogP contribution in [0.15, 0.2) is 36.4 Å². The van der Waals surface area contributed by atoms with Crippen LogP contribution in [0, 0.1) is 17.2 Å². The van der Waals surface area contributed by atoms with Crippen molar-refractivity contribution < 1.29 is 9.90 Å². The predicted octanol–water partition coefficient (Wildman–Crippen LogP) is 5.70. The number of aliphatic hydroxyl groups excluding tert-OH is 1. The topological polar surface area (TPSA) is 92.5 Å². The molecule has 2 aliphatic rings. The first-order valence-corrected chi connectivity index (χ1v) is 13.7. The summed E-state index contributed by atoms with van der Waals surface area (Å²) in [7, 11) is 0. The standard InChI is InChI=1S/C28H35Cl2N5O2/c1-18(2)34(19(3)17-36)9-10-35(27(37)32-23-13-25(29)33-26(30)14-23)24-7-8-28(15-22(28)12-24)21-6-4-5-20(11-21)16-31/h4-6,11,13-14,18-19,22,24,36H,7-10,12,15,17H2,1-3H3,(H,32,33,37)/t19-,22?,24+,28-/m0/s1. The molecular weight excluding hydrogens is 509 g/mol. The zero-order chi connectivity index (χ0) is 26.7. The molecule has 7 nitrogen and oxygen atoms in total. The number of benzene rings is 1. The molecule has 0 aliphatic heterocycles. The van der Waals surface area contributed by atoms with E-state index in [4.69, 9.17) is 23.2 Å². The van der Waals surface area contributed by atoms with Gasteiger partial charge in [-0.25, -0.2) is 9.78 Å². The summed E-state index contributed by atoms with van der Waals surface area (Å²) in [5.41, 5.74) is 2.57. The smallest absolute Gasteiger partial charge is 0.322 e. The number of anilines is 1.